The Bertz CT molecular complexity index is 688. The van der Waals surface area contributed by atoms with Crippen LogP contribution in [0.25, 0.3) is 10.9 Å². The van der Waals surface area contributed by atoms with Gasteiger partial charge >= 0.3 is 0 Å². The number of nitrogens with zero attached hydrogens (tertiary/aromatic N) is 1. The van der Waals surface area contributed by atoms with E-state index >= 15 is 0 Å². The van der Waals surface area contributed by atoms with Crippen molar-refractivity contribution in [1.29, 1.82) is 0 Å². The lowest BCUT2D eigenvalue weighted by Gasteiger charge is -2.19. The van der Waals surface area contributed by atoms with Crippen LogP contribution >= 0.6 is 7.14 Å². The van der Waals surface area contributed by atoms with E-state index < -0.39 is 13.3 Å². The number of halogens is 1. The van der Waals surface area contributed by atoms with Crippen LogP contribution in [0.3, 0.4) is 0 Å². The van der Waals surface area contributed by atoms with Crippen molar-refractivity contribution in [2.24, 2.45) is 0 Å². The highest BCUT2D eigenvalue weighted by Crippen LogP contribution is 2.40. The maximum absolute atomic E-state index is 13.4. The first-order chi connectivity index (χ1) is 9.21. The molecule has 2 rings (SSSR count). The smallest absolute Gasteiger partial charge is 0.139 e. The van der Waals surface area contributed by atoms with Crippen LogP contribution in [0.15, 0.2) is 24.3 Å². The Kier molecular flexibility index (Phi) is 4.02. The molecule has 4 heteroatoms. The van der Waals surface area contributed by atoms with Crippen LogP contribution < -0.4 is 5.30 Å². The molecule has 1 atom stereocenters. The highest BCUT2D eigenvalue weighted by Gasteiger charge is 2.22. The quantitative estimate of drug-likeness (QED) is 0.772. The van der Waals surface area contributed by atoms with Gasteiger partial charge < -0.3 is 4.57 Å². The fourth-order valence-corrected chi connectivity index (χ4v) is 4.23. The first kappa shape index (κ1) is 15.2. The molecule has 0 saturated carbocycles. The molecular weight excluding hydrogens is 272 g/mol. The van der Waals surface area contributed by atoms with E-state index in [4.69, 9.17) is 0 Å². The van der Waals surface area contributed by atoms with Gasteiger partial charge in [-0.1, -0.05) is 26.0 Å². The summed E-state index contributed by atoms with van der Waals surface area (Å²) in [5.74, 6) is 0.294. The molecule has 0 aliphatic rings. The molecule has 2 aromatic rings. The maximum atomic E-state index is 13.4. The normalized spacial score (nSPS) is 13.9. The van der Waals surface area contributed by atoms with Gasteiger partial charge in [-0.3, -0.25) is 0 Å². The summed E-state index contributed by atoms with van der Waals surface area (Å²) in [7, 11) is -2.43. The van der Waals surface area contributed by atoms with Gasteiger partial charge in [-0.05, 0) is 43.9 Å². The maximum Gasteiger partial charge on any atom is 0.139 e. The van der Waals surface area contributed by atoms with Gasteiger partial charge in [-0.15, -0.1) is 0 Å². The molecule has 1 unspecified atom stereocenters. The van der Waals surface area contributed by atoms with Crippen LogP contribution in [0, 0.1) is 0 Å². The number of hydrogen-bond acceptors (Lipinski definition) is 2. The highest BCUT2D eigenvalue weighted by atomic mass is 31.2. The van der Waals surface area contributed by atoms with Gasteiger partial charge in [0.1, 0.15) is 13.3 Å². The molecule has 108 valence electrons. The van der Waals surface area contributed by atoms with E-state index in [0.29, 0.717) is 11.6 Å². The second-order valence-electron chi connectivity index (χ2n) is 5.93. The summed E-state index contributed by atoms with van der Waals surface area (Å²) in [6, 6.07) is 7.42. The number of rotatable bonds is 3. The molecule has 0 fully saturated rings. The largest absolute Gasteiger partial charge is 0.319 e. The average Bonchev–Trinajstić information content (AvgIpc) is 2.35. The molecule has 1 aromatic heterocycles. The lowest BCUT2D eigenvalue weighted by Crippen LogP contribution is -2.14. The van der Waals surface area contributed by atoms with Crippen LogP contribution in [0.1, 0.15) is 44.1 Å². The van der Waals surface area contributed by atoms with Crippen LogP contribution in [0.5, 0.6) is 0 Å². The number of fused-ring (bicyclic) bond motifs is 1. The molecule has 0 spiro atoms. The van der Waals surface area contributed by atoms with Crippen LogP contribution in [0.4, 0.5) is 4.39 Å². The number of benzene rings is 1. The van der Waals surface area contributed by atoms with Crippen molar-refractivity contribution in [1.82, 2.24) is 4.98 Å². The minimum absolute atomic E-state index is 0.294. The van der Waals surface area contributed by atoms with Crippen molar-refractivity contribution in [3.8, 4) is 0 Å². The summed E-state index contributed by atoms with van der Waals surface area (Å²) in [4.78, 5) is 4.35. The van der Waals surface area contributed by atoms with Gasteiger partial charge in [0, 0.05) is 10.7 Å². The lowest BCUT2D eigenvalue weighted by molar-refractivity contribution is 0.366. The summed E-state index contributed by atoms with van der Waals surface area (Å²) < 4.78 is 26.1. The van der Waals surface area contributed by atoms with Crippen molar-refractivity contribution in [3.05, 3.63) is 35.5 Å². The van der Waals surface area contributed by atoms with Gasteiger partial charge in [0.2, 0.25) is 0 Å². The Morgan fingerprint density at radius 2 is 1.75 bits per heavy atom. The molecule has 1 aromatic carbocycles. The van der Waals surface area contributed by atoms with Gasteiger partial charge in [0.25, 0.3) is 0 Å². The molecule has 0 N–H and O–H groups in total. The van der Waals surface area contributed by atoms with Crippen LogP contribution in [-0.2, 0) is 4.57 Å². The fourth-order valence-electron chi connectivity index (χ4n) is 2.51. The van der Waals surface area contributed by atoms with Gasteiger partial charge in [0.15, 0.2) is 0 Å². The molecule has 0 radical (unpaired) electrons. The molecule has 0 saturated heterocycles. The van der Waals surface area contributed by atoms with Crippen LogP contribution in [0.2, 0.25) is 0 Å². The SMILES string of the molecule is CC(C)c1ccc2nc(C(C)F)ccc2c1P(C)(C)=O. The molecule has 0 aliphatic heterocycles. The van der Waals surface area contributed by atoms with E-state index in [2.05, 4.69) is 18.8 Å². The number of alkyl halides is 1. The minimum Gasteiger partial charge on any atom is -0.319 e. The fraction of sp³-hybridized carbons (Fsp3) is 0.438. The Balaban J connectivity index is 2.82. The van der Waals surface area contributed by atoms with Crippen molar-refractivity contribution < 1.29 is 8.96 Å². The van der Waals surface area contributed by atoms with E-state index in [9.17, 15) is 8.96 Å². The molecule has 0 bridgehead atoms. The Labute approximate surface area is 119 Å². The predicted molar refractivity (Wildman–Crippen MR) is 84.4 cm³/mol. The third-order valence-electron chi connectivity index (χ3n) is 3.46. The monoisotopic (exact) mass is 293 g/mol. The van der Waals surface area contributed by atoms with Crippen molar-refractivity contribution in [2.75, 3.05) is 13.3 Å². The summed E-state index contributed by atoms with van der Waals surface area (Å²) in [5.41, 5.74) is 2.23. The summed E-state index contributed by atoms with van der Waals surface area (Å²) in [6.07, 6.45) is -1.09. The number of aromatic nitrogens is 1. The van der Waals surface area contributed by atoms with E-state index in [0.717, 1.165) is 21.8 Å². The van der Waals surface area contributed by atoms with Crippen molar-refractivity contribution >= 4 is 23.3 Å². The first-order valence-corrected chi connectivity index (χ1v) is 9.45. The first-order valence-electron chi connectivity index (χ1n) is 6.85. The average molecular weight is 293 g/mol. The molecule has 1 heterocycles. The summed E-state index contributed by atoms with van der Waals surface area (Å²) >= 11 is 0. The van der Waals surface area contributed by atoms with E-state index in [1.165, 1.54) is 6.92 Å². The van der Waals surface area contributed by atoms with Gasteiger partial charge in [0.05, 0.1) is 11.2 Å². The van der Waals surface area contributed by atoms with Crippen molar-refractivity contribution in [2.45, 2.75) is 32.9 Å². The standard InChI is InChI=1S/C16H21FNOP/c1-10(2)12-6-9-15-13(16(12)20(4,5)19)7-8-14(18-15)11(3)17/h6-11H,1-5H3. The van der Waals surface area contributed by atoms with E-state index in [1.807, 2.05) is 18.2 Å². The molecule has 0 amide bonds. The zero-order valence-corrected chi connectivity index (χ0v) is 13.5. The van der Waals surface area contributed by atoms with E-state index in [-0.39, 0.29) is 0 Å². The number of hydrogen-bond donors (Lipinski definition) is 0. The zero-order chi connectivity index (χ0) is 15.1. The molecular formula is C16H21FNOP. The third kappa shape index (κ3) is 2.78. The zero-order valence-electron chi connectivity index (χ0n) is 12.6. The summed E-state index contributed by atoms with van der Waals surface area (Å²) in [6.45, 7) is 9.21. The van der Waals surface area contributed by atoms with Crippen LogP contribution in [-0.4, -0.2) is 18.3 Å². The highest BCUT2D eigenvalue weighted by molar-refractivity contribution is 7.70. The minimum atomic E-state index is -2.43. The second kappa shape index (κ2) is 5.29. The third-order valence-corrected chi connectivity index (χ3v) is 5.04. The molecule has 2 nitrogen and oxygen atoms in total. The Morgan fingerprint density at radius 3 is 2.25 bits per heavy atom. The topological polar surface area (TPSA) is 30.0 Å². The van der Waals surface area contributed by atoms with Crippen molar-refractivity contribution in [3.63, 3.8) is 0 Å². The summed E-state index contributed by atoms with van der Waals surface area (Å²) in [5, 5.41) is 1.77. The second-order valence-corrected chi connectivity index (χ2v) is 9.08. The van der Waals surface area contributed by atoms with E-state index in [1.54, 1.807) is 19.4 Å². The molecule has 0 aliphatic carbocycles. The Morgan fingerprint density at radius 1 is 1.10 bits per heavy atom. The molecule has 20 heavy (non-hydrogen) atoms. The Hall–Kier alpha value is -1.21. The number of pyridine rings is 1. The van der Waals surface area contributed by atoms with Gasteiger partial charge in [-0.25, -0.2) is 9.37 Å². The predicted octanol–water partition coefficient (Wildman–Crippen LogP) is 4.64. The van der Waals surface area contributed by atoms with Gasteiger partial charge in [-0.2, -0.15) is 0 Å². The lowest BCUT2D eigenvalue weighted by atomic mass is 10.0.